The molecule has 0 heterocycles. The third-order valence-electron chi connectivity index (χ3n) is 3.45. The van der Waals surface area contributed by atoms with Gasteiger partial charge in [0.15, 0.2) is 0 Å². The minimum atomic E-state index is -1.03. The molecule has 28 heavy (non-hydrogen) atoms. The van der Waals surface area contributed by atoms with Gasteiger partial charge in [0.05, 0.1) is 13.2 Å². The second-order valence-corrected chi connectivity index (χ2v) is 7.52. The third kappa shape index (κ3) is 10.7. The number of hydrogen-bond acceptors (Lipinski definition) is 7. The normalized spacial score (nSPS) is 13.3. The first kappa shape index (κ1) is 25.7. The molecule has 0 saturated heterocycles. The summed E-state index contributed by atoms with van der Waals surface area (Å²) >= 11 is 0. The molecule has 0 fully saturated rings. The minimum Gasteiger partial charge on any atom is -0.466 e. The third-order valence-corrected chi connectivity index (χ3v) is 3.45. The van der Waals surface area contributed by atoms with Crippen LogP contribution >= 0.6 is 0 Å². The molecule has 0 aliphatic heterocycles. The largest absolute Gasteiger partial charge is 0.466 e. The number of hydrogen-bond donors (Lipinski definition) is 2. The van der Waals surface area contributed by atoms with Crippen LogP contribution in [0.15, 0.2) is 0 Å². The summed E-state index contributed by atoms with van der Waals surface area (Å²) in [4.78, 5) is 48.4. The fourth-order valence-corrected chi connectivity index (χ4v) is 2.22. The van der Waals surface area contributed by atoms with E-state index in [2.05, 4.69) is 10.6 Å². The maximum atomic E-state index is 12.7. The lowest BCUT2D eigenvalue weighted by Gasteiger charge is -2.26. The zero-order valence-corrected chi connectivity index (χ0v) is 17.9. The molecule has 0 rings (SSSR count). The van der Waals surface area contributed by atoms with Crippen molar-refractivity contribution in [2.75, 3.05) is 13.2 Å². The van der Waals surface area contributed by atoms with Crippen LogP contribution in [0.3, 0.4) is 0 Å². The molecule has 0 spiro atoms. The van der Waals surface area contributed by atoms with E-state index < -0.39 is 41.6 Å². The Kier molecular flexibility index (Phi) is 11.2. The predicted octanol–water partition coefficient (Wildman–Crippen LogP) is 1.93. The van der Waals surface area contributed by atoms with Gasteiger partial charge in [-0.2, -0.15) is 0 Å². The minimum absolute atomic E-state index is 0.0284. The molecule has 2 atom stereocenters. The summed E-state index contributed by atoms with van der Waals surface area (Å²) < 4.78 is 15.0. The highest BCUT2D eigenvalue weighted by Gasteiger charge is 2.31. The first-order chi connectivity index (χ1) is 12.9. The van der Waals surface area contributed by atoms with E-state index >= 15 is 0 Å². The lowest BCUT2D eigenvalue weighted by Crippen LogP contribution is -2.54. The van der Waals surface area contributed by atoms with Gasteiger partial charge in [-0.15, -0.1) is 0 Å². The summed E-state index contributed by atoms with van der Waals surface area (Å²) in [6.07, 6.45) is -0.759. The molecule has 0 radical (unpaired) electrons. The van der Waals surface area contributed by atoms with Crippen LogP contribution in [0.1, 0.15) is 61.3 Å². The van der Waals surface area contributed by atoms with E-state index in [0.717, 1.165) is 0 Å². The van der Waals surface area contributed by atoms with Crippen molar-refractivity contribution in [1.82, 2.24) is 10.6 Å². The van der Waals surface area contributed by atoms with Crippen LogP contribution in [0, 0.1) is 5.92 Å². The number of alkyl carbamates (subject to hydrolysis) is 1. The number of ether oxygens (including phenoxy) is 3. The Morgan fingerprint density at radius 2 is 1.50 bits per heavy atom. The van der Waals surface area contributed by atoms with Crippen molar-refractivity contribution in [2.45, 2.75) is 79.0 Å². The fourth-order valence-electron chi connectivity index (χ4n) is 2.22. The van der Waals surface area contributed by atoms with Crippen molar-refractivity contribution in [3.63, 3.8) is 0 Å². The standard InChI is InChI=1S/C19H34N2O7/c1-8-26-14(22)11-10-13(17(24)27-9-2)20-16(23)15(12(3)4)21-18(25)28-19(5,6)7/h12-13,15H,8-11H2,1-7H3,(H,20,23)(H,21,25)/t13-,15-/m1/s1. The molecule has 162 valence electrons. The average Bonchev–Trinajstić information content (AvgIpc) is 2.54. The molecule has 0 saturated carbocycles. The van der Waals surface area contributed by atoms with Gasteiger partial charge >= 0.3 is 18.0 Å². The second-order valence-electron chi connectivity index (χ2n) is 7.52. The van der Waals surface area contributed by atoms with Crippen molar-refractivity contribution in [1.29, 1.82) is 0 Å². The summed E-state index contributed by atoms with van der Waals surface area (Å²) in [5, 5.41) is 5.07. The molecule has 2 amide bonds. The van der Waals surface area contributed by atoms with Crippen molar-refractivity contribution in [3.8, 4) is 0 Å². The number of amides is 2. The molecule has 0 aliphatic carbocycles. The van der Waals surface area contributed by atoms with Crippen LogP contribution in [0.2, 0.25) is 0 Å². The SMILES string of the molecule is CCOC(=O)CC[C@@H](NC(=O)[C@H](NC(=O)OC(C)(C)C)C(C)C)C(=O)OCC. The van der Waals surface area contributed by atoms with Gasteiger partial charge in [0.2, 0.25) is 5.91 Å². The summed E-state index contributed by atoms with van der Waals surface area (Å²) in [7, 11) is 0. The van der Waals surface area contributed by atoms with E-state index in [9.17, 15) is 19.2 Å². The molecule has 0 aromatic rings. The van der Waals surface area contributed by atoms with Crippen molar-refractivity contribution >= 4 is 23.9 Å². The number of carbonyl (C=O) groups excluding carboxylic acids is 4. The Morgan fingerprint density at radius 3 is 1.96 bits per heavy atom. The van der Waals surface area contributed by atoms with E-state index in [1.54, 1.807) is 48.5 Å². The van der Waals surface area contributed by atoms with Crippen LogP contribution in [0.4, 0.5) is 4.79 Å². The van der Waals surface area contributed by atoms with E-state index in [4.69, 9.17) is 14.2 Å². The Morgan fingerprint density at radius 1 is 0.929 bits per heavy atom. The smallest absolute Gasteiger partial charge is 0.408 e. The quantitative estimate of drug-likeness (QED) is 0.423. The van der Waals surface area contributed by atoms with Crippen molar-refractivity contribution in [3.05, 3.63) is 0 Å². The van der Waals surface area contributed by atoms with Crippen LogP contribution in [0.5, 0.6) is 0 Å². The molecule has 0 unspecified atom stereocenters. The summed E-state index contributed by atoms with van der Waals surface area (Å²) in [6, 6.07) is -1.95. The van der Waals surface area contributed by atoms with E-state index in [0.29, 0.717) is 0 Å². The monoisotopic (exact) mass is 402 g/mol. The molecule has 9 nitrogen and oxygen atoms in total. The Hall–Kier alpha value is -2.32. The van der Waals surface area contributed by atoms with Crippen LogP contribution < -0.4 is 10.6 Å². The molecule has 0 bridgehead atoms. The number of nitrogens with one attached hydrogen (secondary N) is 2. The van der Waals surface area contributed by atoms with E-state index in [1.165, 1.54) is 0 Å². The molecule has 0 aromatic heterocycles. The summed E-state index contributed by atoms with van der Waals surface area (Å²) in [5.41, 5.74) is -0.713. The Bertz CT molecular complexity index is 541. The van der Waals surface area contributed by atoms with Crippen molar-refractivity contribution in [2.24, 2.45) is 5.92 Å². The van der Waals surface area contributed by atoms with Gasteiger partial charge in [-0.25, -0.2) is 9.59 Å². The van der Waals surface area contributed by atoms with Crippen LogP contribution in [0.25, 0.3) is 0 Å². The lowest BCUT2D eigenvalue weighted by molar-refractivity contribution is -0.149. The van der Waals surface area contributed by atoms with Gasteiger partial charge in [-0.05, 0) is 47.0 Å². The van der Waals surface area contributed by atoms with Gasteiger partial charge in [-0.3, -0.25) is 9.59 Å². The van der Waals surface area contributed by atoms with Crippen LogP contribution in [-0.2, 0) is 28.6 Å². The highest BCUT2D eigenvalue weighted by Crippen LogP contribution is 2.10. The molecule has 2 N–H and O–H groups in total. The lowest BCUT2D eigenvalue weighted by atomic mass is 10.0. The van der Waals surface area contributed by atoms with Crippen LogP contribution in [-0.4, -0.2) is 54.8 Å². The van der Waals surface area contributed by atoms with E-state index in [1.807, 2.05) is 0 Å². The van der Waals surface area contributed by atoms with Gasteiger partial charge < -0.3 is 24.8 Å². The highest BCUT2D eigenvalue weighted by molar-refractivity contribution is 5.90. The molecule has 0 aliphatic rings. The first-order valence-electron chi connectivity index (χ1n) is 9.53. The zero-order valence-electron chi connectivity index (χ0n) is 17.9. The molecule has 9 heteroatoms. The number of esters is 2. The van der Waals surface area contributed by atoms with Gasteiger partial charge in [0, 0.05) is 6.42 Å². The summed E-state index contributed by atoms with van der Waals surface area (Å²) in [6.45, 7) is 12.3. The summed E-state index contributed by atoms with van der Waals surface area (Å²) in [5.74, 6) is -1.96. The van der Waals surface area contributed by atoms with Gasteiger partial charge in [0.25, 0.3) is 0 Å². The highest BCUT2D eigenvalue weighted by atomic mass is 16.6. The maximum absolute atomic E-state index is 12.7. The molecular formula is C19H34N2O7. The topological polar surface area (TPSA) is 120 Å². The maximum Gasteiger partial charge on any atom is 0.408 e. The number of rotatable bonds is 10. The number of carbonyl (C=O) groups is 4. The zero-order chi connectivity index (χ0) is 21.9. The Balaban J connectivity index is 5.11. The van der Waals surface area contributed by atoms with Gasteiger partial charge in [0.1, 0.15) is 17.7 Å². The molecular weight excluding hydrogens is 368 g/mol. The Labute approximate surface area is 166 Å². The second kappa shape index (κ2) is 12.2. The fraction of sp³-hybridized carbons (Fsp3) is 0.789. The first-order valence-corrected chi connectivity index (χ1v) is 9.53. The average molecular weight is 402 g/mol. The van der Waals surface area contributed by atoms with Crippen molar-refractivity contribution < 1.29 is 33.4 Å². The molecule has 0 aromatic carbocycles. The van der Waals surface area contributed by atoms with Gasteiger partial charge in [-0.1, -0.05) is 13.8 Å². The predicted molar refractivity (Wildman–Crippen MR) is 102 cm³/mol. The van der Waals surface area contributed by atoms with E-state index in [-0.39, 0.29) is 32.0 Å².